The lowest BCUT2D eigenvalue weighted by Crippen LogP contribution is -2.44. The standard InChI is InChI=1S/C18H26N2O2/c1-22-15-5-12-20-13-10-17(11-14-20)19-18(21)9-8-16-6-3-2-4-7-16/h2-4,6-9,17H,5,10-15H2,1H3,(H,19,21). The van der Waals surface area contributed by atoms with E-state index in [9.17, 15) is 4.79 Å². The third kappa shape index (κ3) is 6.00. The molecule has 0 aliphatic carbocycles. The summed E-state index contributed by atoms with van der Waals surface area (Å²) in [4.78, 5) is 14.4. The summed E-state index contributed by atoms with van der Waals surface area (Å²) >= 11 is 0. The zero-order valence-corrected chi connectivity index (χ0v) is 13.3. The Balaban J connectivity index is 1.67. The Labute approximate surface area is 133 Å². The van der Waals surface area contributed by atoms with Crippen molar-refractivity contribution in [2.75, 3.05) is 33.4 Å². The van der Waals surface area contributed by atoms with Crippen molar-refractivity contribution >= 4 is 12.0 Å². The van der Waals surface area contributed by atoms with E-state index in [0.717, 1.165) is 51.1 Å². The molecular formula is C18H26N2O2. The molecule has 1 fully saturated rings. The third-order valence-electron chi connectivity index (χ3n) is 3.98. The molecule has 0 aromatic heterocycles. The van der Waals surface area contributed by atoms with Crippen LogP contribution in [0.3, 0.4) is 0 Å². The van der Waals surface area contributed by atoms with Gasteiger partial charge >= 0.3 is 0 Å². The fraction of sp³-hybridized carbons (Fsp3) is 0.500. The molecule has 1 amide bonds. The quantitative estimate of drug-likeness (QED) is 0.621. The van der Waals surface area contributed by atoms with Crippen molar-refractivity contribution in [2.24, 2.45) is 0 Å². The van der Waals surface area contributed by atoms with Crippen LogP contribution in [0, 0.1) is 0 Å². The van der Waals surface area contributed by atoms with Gasteiger partial charge in [0.15, 0.2) is 0 Å². The molecular weight excluding hydrogens is 276 g/mol. The van der Waals surface area contributed by atoms with E-state index in [1.807, 2.05) is 36.4 Å². The highest BCUT2D eigenvalue weighted by Crippen LogP contribution is 2.11. The van der Waals surface area contributed by atoms with Gasteiger partial charge in [-0.05, 0) is 30.9 Å². The van der Waals surface area contributed by atoms with E-state index in [0.29, 0.717) is 6.04 Å². The summed E-state index contributed by atoms with van der Waals surface area (Å²) in [5.74, 6) is 0.00156. The van der Waals surface area contributed by atoms with E-state index < -0.39 is 0 Å². The zero-order chi connectivity index (χ0) is 15.6. The van der Waals surface area contributed by atoms with Gasteiger partial charge in [-0.3, -0.25) is 4.79 Å². The summed E-state index contributed by atoms with van der Waals surface area (Å²) in [6, 6.07) is 10.2. The van der Waals surface area contributed by atoms with Crippen LogP contribution < -0.4 is 5.32 Å². The molecule has 0 atom stereocenters. The molecule has 0 unspecified atom stereocenters. The molecule has 0 spiro atoms. The van der Waals surface area contributed by atoms with Crippen LogP contribution in [-0.4, -0.2) is 50.2 Å². The van der Waals surface area contributed by atoms with Crippen molar-refractivity contribution in [1.29, 1.82) is 0 Å². The van der Waals surface area contributed by atoms with Crippen LogP contribution in [0.1, 0.15) is 24.8 Å². The van der Waals surface area contributed by atoms with Crippen LogP contribution in [-0.2, 0) is 9.53 Å². The predicted molar refractivity (Wildman–Crippen MR) is 89.6 cm³/mol. The molecule has 1 saturated heterocycles. The van der Waals surface area contributed by atoms with E-state index in [1.165, 1.54) is 0 Å². The van der Waals surface area contributed by atoms with Crippen molar-refractivity contribution in [1.82, 2.24) is 10.2 Å². The Hall–Kier alpha value is -1.65. The van der Waals surface area contributed by atoms with Gasteiger partial charge in [-0.25, -0.2) is 0 Å². The average molecular weight is 302 g/mol. The van der Waals surface area contributed by atoms with Crippen molar-refractivity contribution in [3.05, 3.63) is 42.0 Å². The first-order valence-corrected chi connectivity index (χ1v) is 8.03. The Kier molecular flexibility index (Phi) is 7.13. The number of hydrogen-bond acceptors (Lipinski definition) is 3. The highest BCUT2D eigenvalue weighted by molar-refractivity contribution is 5.91. The van der Waals surface area contributed by atoms with Crippen LogP contribution >= 0.6 is 0 Å². The summed E-state index contributed by atoms with van der Waals surface area (Å²) in [7, 11) is 1.74. The second-order valence-corrected chi connectivity index (χ2v) is 5.71. The summed E-state index contributed by atoms with van der Waals surface area (Å²) in [6.07, 6.45) is 6.61. The number of nitrogens with one attached hydrogen (secondary N) is 1. The first-order valence-electron chi connectivity index (χ1n) is 8.03. The molecule has 1 N–H and O–H groups in total. The molecule has 0 radical (unpaired) electrons. The van der Waals surface area contributed by atoms with Gasteiger partial charge in [0.1, 0.15) is 0 Å². The van der Waals surface area contributed by atoms with Crippen LogP contribution in [0.4, 0.5) is 0 Å². The third-order valence-corrected chi connectivity index (χ3v) is 3.98. The minimum atomic E-state index is 0.00156. The number of rotatable bonds is 7. The SMILES string of the molecule is COCCCN1CCC(NC(=O)C=Cc2ccccc2)CC1. The van der Waals surface area contributed by atoms with Gasteiger partial charge < -0.3 is 15.0 Å². The molecule has 1 aliphatic rings. The second-order valence-electron chi connectivity index (χ2n) is 5.71. The number of likely N-dealkylation sites (tertiary alicyclic amines) is 1. The highest BCUT2D eigenvalue weighted by atomic mass is 16.5. The van der Waals surface area contributed by atoms with Crippen molar-refractivity contribution in [3.8, 4) is 0 Å². The van der Waals surface area contributed by atoms with Crippen molar-refractivity contribution < 1.29 is 9.53 Å². The van der Waals surface area contributed by atoms with Crippen molar-refractivity contribution in [3.63, 3.8) is 0 Å². The fourth-order valence-electron chi connectivity index (χ4n) is 2.72. The maximum Gasteiger partial charge on any atom is 0.244 e. The van der Waals surface area contributed by atoms with Gasteiger partial charge in [0, 0.05) is 45.5 Å². The summed E-state index contributed by atoms with van der Waals surface area (Å²) < 4.78 is 5.08. The van der Waals surface area contributed by atoms with Crippen LogP contribution in [0.2, 0.25) is 0 Å². The smallest absolute Gasteiger partial charge is 0.244 e. The summed E-state index contributed by atoms with van der Waals surface area (Å²) in [5, 5.41) is 3.10. The van der Waals surface area contributed by atoms with Gasteiger partial charge in [-0.15, -0.1) is 0 Å². The lowest BCUT2D eigenvalue weighted by Gasteiger charge is -2.32. The van der Waals surface area contributed by atoms with Crippen molar-refractivity contribution in [2.45, 2.75) is 25.3 Å². The van der Waals surface area contributed by atoms with E-state index in [2.05, 4.69) is 10.2 Å². The van der Waals surface area contributed by atoms with Gasteiger partial charge in [0.25, 0.3) is 0 Å². The molecule has 1 heterocycles. The number of carbonyl (C=O) groups excluding carboxylic acids is 1. The Bertz CT molecular complexity index is 465. The van der Waals surface area contributed by atoms with E-state index in [-0.39, 0.29) is 5.91 Å². The molecule has 1 aliphatic heterocycles. The second kappa shape index (κ2) is 9.38. The number of hydrogen-bond donors (Lipinski definition) is 1. The molecule has 4 nitrogen and oxygen atoms in total. The number of piperidine rings is 1. The maximum atomic E-state index is 11.9. The predicted octanol–water partition coefficient (Wildman–Crippen LogP) is 2.32. The van der Waals surface area contributed by atoms with Crippen LogP contribution in [0.25, 0.3) is 6.08 Å². The fourth-order valence-corrected chi connectivity index (χ4v) is 2.72. The maximum absolute atomic E-state index is 11.9. The normalized spacial score (nSPS) is 17.0. The first kappa shape index (κ1) is 16.7. The molecule has 0 saturated carbocycles. The minimum Gasteiger partial charge on any atom is -0.385 e. The minimum absolute atomic E-state index is 0.00156. The van der Waals surface area contributed by atoms with Gasteiger partial charge in [0.2, 0.25) is 5.91 Å². The molecule has 4 heteroatoms. The number of benzene rings is 1. The Morgan fingerprint density at radius 2 is 2.05 bits per heavy atom. The number of ether oxygens (including phenoxy) is 1. The molecule has 0 bridgehead atoms. The van der Waals surface area contributed by atoms with E-state index in [1.54, 1.807) is 13.2 Å². The van der Waals surface area contributed by atoms with Gasteiger partial charge in [-0.2, -0.15) is 0 Å². The first-order chi connectivity index (χ1) is 10.8. The number of amides is 1. The topological polar surface area (TPSA) is 41.6 Å². The van der Waals surface area contributed by atoms with E-state index in [4.69, 9.17) is 4.74 Å². The molecule has 120 valence electrons. The number of carbonyl (C=O) groups is 1. The Morgan fingerprint density at radius 1 is 1.32 bits per heavy atom. The van der Waals surface area contributed by atoms with Crippen LogP contribution in [0.5, 0.6) is 0 Å². The highest BCUT2D eigenvalue weighted by Gasteiger charge is 2.19. The number of methoxy groups -OCH3 is 1. The average Bonchev–Trinajstić information content (AvgIpc) is 2.56. The molecule has 22 heavy (non-hydrogen) atoms. The van der Waals surface area contributed by atoms with E-state index >= 15 is 0 Å². The van der Waals surface area contributed by atoms with Gasteiger partial charge in [0.05, 0.1) is 0 Å². The molecule has 1 aromatic rings. The monoisotopic (exact) mass is 302 g/mol. The number of nitrogens with zero attached hydrogens (tertiary/aromatic N) is 1. The van der Waals surface area contributed by atoms with Gasteiger partial charge in [-0.1, -0.05) is 30.3 Å². The zero-order valence-electron chi connectivity index (χ0n) is 13.3. The lowest BCUT2D eigenvalue weighted by atomic mass is 10.0. The summed E-state index contributed by atoms with van der Waals surface area (Å²) in [6.45, 7) is 4.01. The molecule has 1 aromatic carbocycles. The molecule has 2 rings (SSSR count). The largest absolute Gasteiger partial charge is 0.385 e. The lowest BCUT2D eigenvalue weighted by molar-refractivity contribution is -0.117. The summed E-state index contributed by atoms with van der Waals surface area (Å²) in [5.41, 5.74) is 1.05. The Morgan fingerprint density at radius 3 is 2.73 bits per heavy atom. The van der Waals surface area contributed by atoms with Crippen LogP contribution in [0.15, 0.2) is 36.4 Å².